The Morgan fingerprint density at radius 1 is 1.44 bits per heavy atom. The van der Waals surface area contributed by atoms with Crippen molar-refractivity contribution in [2.24, 2.45) is 11.3 Å². The molecule has 0 radical (unpaired) electrons. The maximum atomic E-state index is 12.0. The fourth-order valence-corrected chi connectivity index (χ4v) is 3.21. The maximum absolute atomic E-state index is 12.0. The summed E-state index contributed by atoms with van der Waals surface area (Å²) in [5, 5.41) is 10.7. The van der Waals surface area contributed by atoms with E-state index in [2.05, 4.69) is 6.92 Å². The Labute approximate surface area is 97.2 Å². The Bertz CT molecular complexity index is 283. The first-order valence-corrected chi connectivity index (χ1v) is 6.44. The molecule has 3 heteroatoms. The molecule has 0 aromatic heterocycles. The van der Waals surface area contributed by atoms with Crippen molar-refractivity contribution in [2.75, 3.05) is 6.61 Å². The third-order valence-electron chi connectivity index (χ3n) is 4.28. The molecule has 0 aromatic carbocycles. The van der Waals surface area contributed by atoms with Gasteiger partial charge in [-0.15, -0.1) is 0 Å². The van der Waals surface area contributed by atoms with Crippen molar-refractivity contribution >= 4 is 5.97 Å². The summed E-state index contributed by atoms with van der Waals surface area (Å²) in [4.78, 5) is 12.0. The summed E-state index contributed by atoms with van der Waals surface area (Å²) in [6.07, 6.45) is 5.31. The van der Waals surface area contributed by atoms with Gasteiger partial charge in [-0.25, -0.2) is 0 Å². The first-order valence-electron chi connectivity index (χ1n) is 6.44. The predicted molar refractivity (Wildman–Crippen MR) is 60.9 cm³/mol. The second-order valence-electron chi connectivity index (χ2n) is 5.54. The van der Waals surface area contributed by atoms with Crippen molar-refractivity contribution in [3.63, 3.8) is 0 Å². The van der Waals surface area contributed by atoms with Gasteiger partial charge in [-0.05, 0) is 38.5 Å². The van der Waals surface area contributed by atoms with Crippen LogP contribution in [-0.4, -0.2) is 23.3 Å². The van der Waals surface area contributed by atoms with E-state index in [-0.39, 0.29) is 5.97 Å². The molecule has 0 heterocycles. The van der Waals surface area contributed by atoms with E-state index < -0.39 is 11.0 Å². The van der Waals surface area contributed by atoms with Crippen molar-refractivity contribution in [1.29, 1.82) is 0 Å². The Hall–Kier alpha value is -0.570. The molecule has 2 saturated carbocycles. The van der Waals surface area contributed by atoms with Gasteiger partial charge in [0.1, 0.15) is 0 Å². The third kappa shape index (κ3) is 1.75. The molecular formula is C13H22O3. The fraction of sp³-hybridized carbons (Fsp3) is 0.923. The lowest BCUT2D eigenvalue weighted by Crippen LogP contribution is -2.48. The van der Waals surface area contributed by atoms with Gasteiger partial charge in [-0.1, -0.05) is 19.8 Å². The topological polar surface area (TPSA) is 46.5 Å². The van der Waals surface area contributed by atoms with Gasteiger partial charge in [0.2, 0.25) is 0 Å². The standard InChI is InChI=1S/C13H22O3/c1-3-16-11(14)12(7-8-12)13(15)6-4-5-10(2)9-13/h10,15H,3-9H2,1-2H3. The fourth-order valence-electron chi connectivity index (χ4n) is 3.21. The van der Waals surface area contributed by atoms with Gasteiger partial charge in [0, 0.05) is 0 Å². The number of hydrogen-bond donors (Lipinski definition) is 1. The van der Waals surface area contributed by atoms with Gasteiger partial charge in [0.25, 0.3) is 0 Å². The molecule has 92 valence electrons. The highest BCUT2D eigenvalue weighted by Crippen LogP contribution is 2.60. The number of carbonyl (C=O) groups excluding carboxylic acids is 1. The van der Waals surface area contributed by atoms with Crippen LogP contribution in [0.1, 0.15) is 52.4 Å². The molecule has 3 nitrogen and oxygen atoms in total. The lowest BCUT2D eigenvalue weighted by molar-refractivity contribution is -0.166. The van der Waals surface area contributed by atoms with Crippen LogP contribution in [-0.2, 0) is 9.53 Å². The number of esters is 1. The van der Waals surface area contributed by atoms with Crippen LogP contribution in [0, 0.1) is 11.3 Å². The number of rotatable bonds is 3. The largest absolute Gasteiger partial charge is 0.465 e. The van der Waals surface area contributed by atoms with Crippen molar-refractivity contribution in [2.45, 2.75) is 58.0 Å². The molecule has 0 saturated heterocycles. The molecule has 0 aromatic rings. The molecule has 2 atom stereocenters. The molecule has 2 aliphatic rings. The van der Waals surface area contributed by atoms with Crippen molar-refractivity contribution in [1.82, 2.24) is 0 Å². The average Bonchev–Trinajstić information content (AvgIpc) is 2.98. The van der Waals surface area contributed by atoms with Crippen LogP contribution in [0.5, 0.6) is 0 Å². The van der Waals surface area contributed by atoms with Crippen LogP contribution in [0.15, 0.2) is 0 Å². The second-order valence-corrected chi connectivity index (χ2v) is 5.54. The van der Waals surface area contributed by atoms with E-state index in [1.54, 1.807) is 0 Å². The summed E-state index contributed by atoms with van der Waals surface area (Å²) in [6, 6.07) is 0. The number of aliphatic hydroxyl groups is 1. The van der Waals surface area contributed by atoms with Crippen molar-refractivity contribution in [3.05, 3.63) is 0 Å². The van der Waals surface area contributed by atoms with Crippen LogP contribution in [0.25, 0.3) is 0 Å². The summed E-state index contributed by atoms with van der Waals surface area (Å²) in [5.74, 6) is 0.345. The van der Waals surface area contributed by atoms with Gasteiger partial charge in [0.05, 0.1) is 17.6 Å². The monoisotopic (exact) mass is 226 g/mol. The Morgan fingerprint density at radius 2 is 2.12 bits per heavy atom. The second kappa shape index (κ2) is 4.02. The molecule has 0 spiro atoms. The van der Waals surface area contributed by atoms with Gasteiger partial charge in [-0.2, -0.15) is 0 Å². The maximum Gasteiger partial charge on any atom is 0.314 e. The minimum absolute atomic E-state index is 0.174. The van der Waals surface area contributed by atoms with E-state index in [0.717, 1.165) is 32.1 Å². The number of ether oxygens (including phenoxy) is 1. The first-order chi connectivity index (χ1) is 7.54. The lowest BCUT2D eigenvalue weighted by Gasteiger charge is -2.40. The highest BCUT2D eigenvalue weighted by molar-refractivity contribution is 5.81. The molecule has 2 rings (SSSR count). The third-order valence-corrected chi connectivity index (χ3v) is 4.28. The van der Waals surface area contributed by atoms with Crippen LogP contribution in [0.4, 0.5) is 0 Å². The highest BCUT2D eigenvalue weighted by Gasteiger charge is 2.65. The van der Waals surface area contributed by atoms with E-state index in [0.29, 0.717) is 12.5 Å². The first kappa shape index (κ1) is 11.9. The Balaban J connectivity index is 2.13. The molecule has 2 fully saturated rings. The number of carbonyl (C=O) groups is 1. The predicted octanol–water partition coefficient (Wildman–Crippen LogP) is 2.27. The zero-order valence-electron chi connectivity index (χ0n) is 10.3. The smallest absolute Gasteiger partial charge is 0.314 e. The van der Waals surface area contributed by atoms with Crippen LogP contribution in [0.3, 0.4) is 0 Å². The molecule has 2 unspecified atom stereocenters. The average molecular weight is 226 g/mol. The lowest BCUT2D eigenvalue weighted by atomic mass is 9.70. The summed E-state index contributed by atoms with van der Waals surface area (Å²) in [5.41, 5.74) is -1.35. The molecule has 0 bridgehead atoms. The van der Waals surface area contributed by atoms with Crippen LogP contribution < -0.4 is 0 Å². The van der Waals surface area contributed by atoms with Crippen molar-refractivity contribution in [3.8, 4) is 0 Å². The summed E-state index contributed by atoms with van der Waals surface area (Å²) in [7, 11) is 0. The summed E-state index contributed by atoms with van der Waals surface area (Å²) in [6.45, 7) is 4.39. The minimum Gasteiger partial charge on any atom is -0.465 e. The molecule has 16 heavy (non-hydrogen) atoms. The molecule has 0 aliphatic heterocycles. The molecule has 0 amide bonds. The molecular weight excluding hydrogens is 204 g/mol. The van der Waals surface area contributed by atoms with Gasteiger partial charge < -0.3 is 9.84 Å². The van der Waals surface area contributed by atoms with E-state index in [9.17, 15) is 9.90 Å². The SMILES string of the molecule is CCOC(=O)C1(C2(O)CCCC(C)C2)CC1. The van der Waals surface area contributed by atoms with Gasteiger partial charge in [0.15, 0.2) is 0 Å². The quantitative estimate of drug-likeness (QED) is 0.751. The number of hydrogen-bond acceptors (Lipinski definition) is 3. The Kier molecular flexibility index (Phi) is 2.99. The zero-order chi connectivity index (χ0) is 11.8. The van der Waals surface area contributed by atoms with Gasteiger partial charge in [-0.3, -0.25) is 4.79 Å². The van der Waals surface area contributed by atoms with Crippen molar-refractivity contribution < 1.29 is 14.6 Å². The zero-order valence-corrected chi connectivity index (χ0v) is 10.3. The van der Waals surface area contributed by atoms with Crippen LogP contribution >= 0.6 is 0 Å². The van der Waals surface area contributed by atoms with E-state index in [1.807, 2.05) is 6.92 Å². The van der Waals surface area contributed by atoms with Crippen LogP contribution in [0.2, 0.25) is 0 Å². The van der Waals surface area contributed by atoms with E-state index in [4.69, 9.17) is 4.74 Å². The van der Waals surface area contributed by atoms with E-state index >= 15 is 0 Å². The summed E-state index contributed by atoms with van der Waals surface area (Å²) < 4.78 is 5.12. The Morgan fingerprint density at radius 3 is 2.62 bits per heavy atom. The highest BCUT2D eigenvalue weighted by atomic mass is 16.5. The van der Waals surface area contributed by atoms with Gasteiger partial charge >= 0.3 is 5.97 Å². The van der Waals surface area contributed by atoms with E-state index in [1.165, 1.54) is 6.42 Å². The normalized spacial score (nSPS) is 36.8. The minimum atomic E-state index is -0.795. The molecule has 1 N–H and O–H groups in total. The molecule has 2 aliphatic carbocycles. The summed E-state index contributed by atoms with van der Waals surface area (Å²) >= 11 is 0.